The van der Waals surface area contributed by atoms with E-state index in [1.807, 2.05) is 24.3 Å². The van der Waals surface area contributed by atoms with Gasteiger partial charge in [-0.2, -0.15) is 0 Å². The SMILES string of the molecule is C=CC=CCCCC.C=CC=CCCCC.[Ru]. The van der Waals surface area contributed by atoms with Crippen LogP contribution >= 0.6 is 0 Å². The zero-order chi connectivity index (χ0) is 12.5. The third-order valence-corrected chi connectivity index (χ3v) is 1.99. The minimum Gasteiger partial charge on any atom is -0.0991 e. The molecule has 0 unspecified atom stereocenters. The average molecular weight is 321 g/mol. The standard InChI is InChI=1S/2C8H14.Ru/c2*1-3-5-7-8-6-4-2;/h2*3,5,7H,1,4,6,8H2,2H3;. The van der Waals surface area contributed by atoms with Gasteiger partial charge in [0.05, 0.1) is 0 Å². The fourth-order valence-corrected chi connectivity index (χ4v) is 1.03. The van der Waals surface area contributed by atoms with E-state index in [0.717, 1.165) is 0 Å². The van der Waals surface area contributed by atoms with E-state index in [1.165, 1.54) is 38.5 Å². The van der Waals surface area contributed by atoms with Gasteiger partial charge in [0.2, 0.25) is 0 Å². The number of allylic oxidation sites excluding steroid dienone is 6. The second-order valence-electron chi connectivity index (χ2n) is 3.61. The van der Waals surface area contributed by atoms with Gasteiger partial charge in [-0.15, -0.1) is 0 Å². The summed E-state index contributed by atoms with van der Waals surface area (Å²) in [6, 6.07) is 0. The molecule has 0 aliphatic heterocycles. The summed E-state index contributed by atoms with van der Waals surface area (Å²) in [7, 11) is 0. The van der Waals surface area contributed by atoms with Gasteiger partial charge in [-0.05, 0) is 12.8 Å². The first-order valence-corrected chi connectivity index (χ1v) is 6.38. The second kappa shape index (κ2) is 24.7. The van der Waals surface area contributed by atoms with Gasteiger partial charge in [0.15, 0.2) is 0 Å². The molecule has 0 aromatic rings. The third kappa shape index (κ3) is 31.3. The molecule has 0 N–H and O–H groups in total. The van der Waals surface area contributed by atoms with Gasteiger partial charge in [0.1, 0.15) is 0 Å². The molecule has 0 saturated heterocycles. The molecule has 0 spiro atoms. The summed E-state index contributed by atoms with van der Waals surface area (Å²) in [6.45, 7) is 11.5. The van der Waals surface area contributed by atoms with Crippen LogP contribution in [0.15, 0.2) is 49.6 Å². The van der Waals surface area contributed by atoms with Gasteiger partial charge in [0, 0.05) is 19.5 Å². The molecular formula is C16H28Ru. The van der Waals surface area contributed by atoms with Crippen molar-refractivity contribution in [2.24, 2.45) is 0 Å². The summed E-state index contributed by atoms with van der Waals surface area (Å²) in [5, 5.41) is 0. The van der Waals surface area contributed by atoms with Crippen LogP contribution in [0.25, 0.3) is 0 Å². The van der Waals surface area contributed by atoms with E-state index in [0.29, 0.717) is 0 Å². The largest absolute Gasteiger partial charge is 0.0991 e. The van der Waals surface area contributed by atoms with Crippen molar-refractivity contribution in [2.45, 2.75) is 52.4 Å². The molecule has 0 aliphatic carbocycles. The van der Waals surface area contributed by atoms with Crippen molar-refractivity contribution in [2.75, 3.05) is 0 Å². The quantitative estimate of drug-likeness (QED) is 0.299. The van der Waals surface area contributed by atoms with E-state index in [1.54, 1.807) is 0 Å². The normalized spacial score (nSPS) is 9.53. The Morgan fingerprint density at radius 3 is 1.35 bits per heavy atom. The van der Waals surface area contributed by atoms with Crippen LogP contribution in [0.3, 0.4) is 0 Å². The summed E-state index contributed by atoms with van der Waals surface area (Å²) in [6.07, 6.45) is 19.5. The van der Waals surface area contributed by atoms with Crippen LogP contribution in [-0.2, 0) is 19.5 Å². The first kappa shape index (κ1) is 21.8. The van der Waals surface area contributed by atoms with E-state index in [2.05, 4.69) is 39.2 Å². The van der Waals surface area contributed by atoms with Crippen molar-refractivity contribution < 1.29 is 19.5 Å². The molecule has 0 radical (unpaired) electrons. The van der Waals surface area contributed by atoms with Gasteiger partial charge in [0.25, 0.3) is 0 Å². The van der Waals surface area contributed by atoms with Crippen molar-refractivity contribution in [1.82, 2.24) is 0 Å². The first-order chi connectivity index (χ1) is 7.83. The molecule has 0 aromatic heterocycles. The Bertz CT molecular complexity index is 168. The number of rotatable bonds is 8. The predicted octanol–water partition coefficient (Wildman–Crippen LogP) is 5.84. The minimum absolute atomic E-state index is 0. The maximum Gasteiger partial charge on any atom is 0 e. The maximum atomic E-state index is 3.57. The van der Waals surface area contributed by atoms with Gasteiger partial charge >= 0.3 is 0 Å². The molecule has 0 aliphatic rings. The predicted molar refractivity (Wildman–Crippen MR) is 77.7 cm³/mol. The summed E-state index contributed by atoms with van der Waals surface area (Å²) < 4.78 is 0. The van der Waals surface area contributed by atoms with E-state index in [4.69, 9.17) is 0 Å². The van der Waals surface area contributed by atoms with E-state index in [-0.39, 0.29) is 19.5 Å². The van der Waals surface area contributed by atoms with Crippen LogP contribution in [0.2, 0.25) is 0 Å². The van der Waals surface area contributed by atoms with Crippen LogP contribution in [0, 0.1) is 0 Å². The fraction of sp³-hybridized carbons (Fsp3) is 0.500. The van der Waals surface area contributed by atoms with E-state index in [9.17, 15) is 0 Å². The van der Waals surface area contributed by atoms with E-state index < -0.39 is 0 Å². The third-order valence-electron chi connectivity index (χ3n) is 1.99. The van der Waals surface area contributed by atoms with Crippen LogP contribution in [0.1, 0.15) is 52.4 Å². The minimum atomic E-state index is 0. The molecule has 0 amide bonds. The fourth-order valence-electron chi connectivity index (χ4n) is 1.03. The van der Waals surface area contributed by atoms with Crippen LogP contribution in [0.4, 0.5) is 0 Å². The number of hydrogen-bond donors (Lipinski definition) is 0. The molecule has 0 nitrogen and oxygen atoms in total. The number of hydrogen-bond acceptors (Lipinski definition) is 0. The summed E-state index contributed by atoms with van der Waals surface area (Å²) in [5.74, 6) is 0. The van der Waals surface area contributed by atoms with Crippen LogP contribution < -0.4 is 0 Å². The second-order valence-corrected chi connectivity index (χ2v) is 3.61. The smallest absolute Gasteiger partial charge is 0 e. The molecule has 1 heteroatoms. The Morgan fingerprint density at radius 1 is 0.765 bits per heavy atom. The Morgan fingerprint density at radius 2 is 1.12 bits per heavy atom. The molecular weight excluding hydrogens is 293 g/mol. The Hall–Kier alpha value is -0.417. The van der Waals surface area contributed by atoms with Crippen LogP contribution in [-0.4, -0.2) is 0 Å². The van der Waals surface area contributed by atoms with Gasteiger partial charge in [-0.1, -0.05) is 89.1 Å². The Kier molecular flexibility index (Phi) is 31.7. The van der Waals surface area contributed by atoms with Crippen LogP contribution in [0.5, 0.6) is 0 Å². The monoisotopic (exact) mass is 322 g/mol. The average Bonchev–Trinajstić information content (AvgIpc) is 2.31. The maximum absolute atomic E-state index is 3.57. The molecule has 0 rings (SSSR count). The van der Waals surface area contributed by atoms with Crippen molar-refractivity contribution >= 4 is 0 Å². The molecule has 0 heterocycles. The summed E-state index contributed by atoms with van der Waals surface area (Å²) in [4.78, 5) is 0. The summed E-state index contributed by atoms with van der Waals surface area (Å²) >= 11 is 0. The summed E-state index contributed by atoms with van der Waals surface area (Å²) in [5.41, 5.74) is 0. The molecule has 17 heavy (non-hydrogen) atoms. The van der Waals surface area contributed by atoms with E-state index >= 15 is 0 Å². The molecule has 0 bridgehead atoms. The van der Waals surface area contributed by atoms with Gasteiger partial charge < -0.3 is 0 Å². The van der Waals surface area contributed by atoms with Gasteiger partial charge in [-0.3, -0.25) is 0 Å². The molecule has 0 atom stereocenters. The molecule has 0 saturated carbocycles. The topological polar surface area (TPSA) is 0 Å². The first-order valence-electron chi connectivity index (χ1n) is 6.38. The zero-order valence-electron chi connectivity index (χ0n) is 11.5. The molecule has 0 aromatic carbocycles. The van der Waals surface area contributed by atoms with Crippen molar-refractivity contribution in [3.8, 4) is 0 Å². The van der Waals surface area contributed by atoms with Crippen molar-refractivity contribution in [3.05, 3.63) is 49.6 Å². The molecule has 100 valence electrons. The Balaban J connectivity index is -0.000000218. The molecule has 0 fully saturated rings. The van der Waals surface area contributed by atoms with Crippen molar-refractivity contribution in [1.29, 1.82) is 0 Å². The zero-order valence-corrected chi connectivity index (χ0v) is 13.2. The van der Waals surface area contributed by atoms with Crippen molar-refractivity contribution in [3.63, 3.8) is 0 Å². The van der Waals surface area contributed by atoms with Gasteiger partial charge in [-0.25, -0.2) is 0 Å². The Labute approximate surface area is 121 Å². The number of unbranched alkanes of at least 4 members (excludes halogenated alkanes) is 4.